The van der Waals surface area contributed by atoms with Crippen molar-refractivity contribution in [2.45, 2.75) is 64.3 Å². The molecule has 1 unspecified atom stereocenters. The zero-order valence-electron chi connectivity index (χ0n) is 12.0. The average molecular weight is 284 g/mol. The topological polar surface area (TPSA) is 95.5 Å². The molecule has 1 aliphatic rings. The molecule has 1 fully saturated rings. The van der Waals surface area contributed by atoms with E-state index in [1.807, 2.05) is 6.92 Å². The van der Waals surface area contributed by atoms with Gasteiger partial charge < -0.3 is 10.4 Å². The second kappa shape index (κ2) is 8.55. The number of carbonyl (C=O) groups is 3. The smallest absolute Gasteiger partial charge is 0.321 e. The highest BCUT2D eigenvalue weighted by Crippen LogP contribution is 2.27. The Morgan fingerprint density at radius 3 is 2.35 bits per heavy atom. The van der Waals surface area contributed by atoms with Crippen LogP contribution in [0.2, 0.25) is 0 Å². The minimum Gasteiger partial charge on any atom is -0.481 e. The van der Waals surface area contributed by atoms with Crippen molar-refractivity contribution in [2.75, 3.05) is 0 Å². The number of carbonyl (C=O) groups excluding carboxylic acids is 2. The van der Waals surface area contributed by atoms with Crippen LogP contribution in [-0.2, 0) is 9.59 Å². The Balaban J connectivity index is 2.14. The molecule has 20 heavy (non-hydrogen) atoms. The standard InChI is InChI=1S/C14H24N2O4/c1-10(11-6-2-3-7-11)15-14(20)16-12(17)8-4-5-9-13(18)19/h10-11H,2-9H2,1H3,(H,18,19)(H2,15,16,17,20). The number of amides is 3. The van der Waals surface area contributed by atoms with Gasteiger partial charge in [0.2, 0.25) is 5.91 Å². The first-order chi connectivity index (χ1) is 9.49. The van der Waals surface area contributed by atoms with E-state index >= 15 is 0 Å². The minimum absolute atomic E-state index is 0.0538. The molecule has 0 aromatic carbocycles. The Hall–Kier alpha value is -1.59. The highest BCUT2D eigenvalue weighted by Gasteiger charge is 2.23. The highest BCUT2D eigenvalue weighted by atomic mass is 16.4. The van der Waals surface area contributed by atoms with E-state index in [9.17, 15) is 14.4 Å². The van der Waals surface area contributed by atoms with Crippen LogP contribution in [0.3, 0.4) is 0 Å². The van der Waals surface area contributed by atoms with Gasteiger partial charge in [-0.3, -0.25) is 14.9 Å². The van der Waals surface area contributed by atoms with E-state index in [4.69, 9.17) is 5.11 Å². The molecule has 6 heteroatoms. The largest absolute Gasteiger partial charge is 0.481 e. The molecular formula is C14H24N2O4. The molecule has 1 atom stereocenters. The van der Waals surface area contributed by atoms with Crippen LogP contribution in [0, 0.1) is 5.92 Å². The summed E-state index contributed by atoms with van der Waals surface area (Å²) in [6.45, 7) is 1.97. The molecule has 0 spiro atoms. The summed E-state index contributed by atoms with van der Waals surface area (Å²) in [5, 5.41) is 13.5. The summed E-state index contributed by atoms with van der Waals surface area (Å²) in [4.78, 5) is 33.4. The van der Waals surface area contributed by atoms with E-state index in [1.165, 1.54) is 12.8 Å². The lowest BCUT2D eigenvalue weighted by Crippen LogP contribution is -2.45. The molecule has 0 aromatic heterocycles. The number of carboxylic acids is 1. The van der Waals surface area contributed by atoms with Gasteiger partial charge in [0.25, 0.3) is 0 Å². The molecule has 1 aliphatic carbocycles. The van der Waals surface area contributed by atoms with Gasteiger partial charge in [-0.25, -0.2) is 4.79 Å². The fraction of sp³-hybridized carbons (Fsp3) is 0.786. The van der Waals surface area contributed by atoms with Crippen LogP contribution in [0.15, 0.2) is 0 Å². The maximum Gasteiger partial charge on any atom is 0.321 e. The first kappa shape index (κ1) is 16.5. The summed E-state index contributed by atoms with van der Waals surface area (Å²) >= 11 is 0. The highest BCUT2D eigenvalue weighted by molar-refractivity contribution is 5.94. The minimum atomic E-state index is -0.867. The zero-order valence-corrected chi connectivity index (χ0v) is 12.0. The Morgan fingerprint density at radius 1 is 1.15 bits per heavy atom. The van der Waals surface area contributed by atoms with Crippen LogP contribution in [0.1, 0.15) is 58.3 Å². The molecule has 3 amide bonds. The van der Waals surface area contributed by atoms with Gasteiger partial charge in [0.15, 0.2) is 0 Å². The van der Waals surface area contributed by atoms with E-state index in [1.54, 1.807) is 0 Å². The summed E-state index contributed by atoms with van der Waals surface area (Å²) < 4.78 is 0. The van der Waals surface area contributed by atoms with Crippen molar-refractivity contribution < 1.29 is 19.5 Å². The van der Waals surface area contributed by atoms with E-state index in [0.717, 1.165) is 12.8 Å². The summed E-state index contributed by atoms with van der Waals surface area (Å²) in [5.74, 6) is -0.716. The molecule has 1 saturated carbocycles. The summed E-state index contributed by atoms with van der Waals surface area (Å²) in [7, 11) is 0. The third-order valence-corrected chi connectivity index (χ3v) is 3.76. The van der Waals surface area contributed by atoms with Gasteiger partial charge in [0.1, 0.15) is 0 Å². The molecule has 0 aliphatic heterocycles. The first-order valence-corrected chi connectivity index (χ1v) is 7.31. The predicted molar refractivity (Wildman–Crippen MR) is 74.2 cm³/mol. The number of carboxylic acid groups (broad SMARTS) is 1. The molecule has 6 nitrogen and oxygen atoms in total. The SMILES string of the molecule is CC(NC(=O)NC(=O)CCCCC(=O)O)C1CCCC1. The lowest BCUT2D eigenvalue weighted by molar-refractivity contribution is -0.137. The number of imide groups is 1. The maximum atomic E-state index is 11.6. The number of unbranched alkanes of at least 4 members (excludes halogenated alkanes) is 1. The van der Waals surface area contributed by atoms with E-state index in [2.05, 4.69) is 10.6 Å². The van der Waals surface area contributed by atoms with Crippen molar-refractivity contribution in [1.82, 2.24) is 10.6 Å². The van der Waals surface area contributed by atoms with Gasteiger partial charge in [-0.2, -0.15) is 0 Å². The molecule has 0 aromatic rings. The fourth-order valence-corrected chi connectivity index (χ4v) is 2.57. The lowest BCUT2D eigenvalue weighted by Gasteiger charge is -2.20. The van der Waals surface area contributed by atoms with Crippen molar-refractivity contribution >= 4 is 17.9 Å². The van der Waals surface area contributed by atoms with Gasteiger partial charge in [0.05, 0.1) is 0 Å². The molecule has 0 radical (unpaired) electrons. The normalized spacial score (nSPS) is 16.6. The second-order valence-electron chi connectivity index (χ2n) is 5.46. The molecule has 1 rings (SSSR count). The molecule has 0 saturated heterocycles. The Kier molecular flexibility index (Phi) is 7.04. The third-order valence-electron chi connectivity index (χ3n) is 3.76. The van der Waals surface area contributed by atoms with Gasteiger partial charge in [-0.05, 0) is 38.5 Å². The zero-order chi connectivity index (χ0) is 15.0. The van der Waals surface area contributed by atoms with Crippen LogP contribution in [0.25, 0.3) is 0 Å². The van der Waals surface area contributed by atoms with Crippen LogP contribution in [-0.4, -0.2) is 29.1 Å². The Bertz CT molecular complexity index is 351. The summed E-state index contributed by atoms with van der Waals surface area (Å²) in [5.41, 5.74) is 0. The third kappa shape index (κ3) is 6.54. The number of hydrogen-bond acceptors (Lipinski definition) is 3. The van der Waals surface area contributed by atoms with Crippen LogP contribution in [0.5, 0.6) is 0 Å². The first-order valence-electron chi connectivity index (χ1n) is 7.31. The number of urea groups is 1. The van der Waals surface area contributed by atoms with Crippen LogP contribution in [0.4, 0.5) is 4.79 Å². The molecule has 3 N–H and O–H groups in total. The summed E-state index contributed by atoms with van der Waals surface area (Å²) in [6, 6.07) is -0.370. The molecule has 0 heterocycles. The van der Waals surface area contributed by atoms with Crippen molar-refractivity contribution in [3.8, 4) is 0 Å². The molecule has 114 valence electrons. The molecular weight excluding hydrogens is 260 g/mol. The van der Waals surface area contributed by atoms with E-state index in [-0.39, 0.29) is 24.8 Å². The van der Waals surface area contributed by atoms with E-state index in [0.29, 0.717) is 18.8 Å². The van der Waals surface area contributed by atoms with Gasteiger partial charge in [-0.15, -0.1) is 0 Å². The number of rotatable bonds is 7. The monoisotopic (exact) mass is 284 g/mol. The lowest BCUT2D eigenvalue weighted by atomic mass is 10.0. The quantitative estimate of drug-likeness (QED) is 0.623. The van der Waals surface area contributed by atoms with Crippen molar-refractivity contribution in [1.29, 1.82) is 0 Å². The number of aliphatic carboxylic acids is 1. The van der Waals surface area contributed by atoms with Gasteiger partial charge in [-0.1, -0.05) is 12.8 Å². The maximum absolute atomic E-state index is 11.6. The van der Waals surface area contributed by atoms with Crippen molar-refractivity contribution in [3.05, 3.63) is 0 Å². The summed E-state index contributed by atoms with van der Waals surface area (Å²) in [6.07, 6.45) is 5.83. The Labute approximate surface area is 119 Å². The Morgan fingerprint density at radius 2 is 1.75 bits per heavy atom. The average Bonchev–Trinajstić information content (AvgIpc) is 2.88. The van der Waals surface area contributed by atoms with Crippen molar-refractivity contribution in [2.24, 2.45) is 5.92 Å². The number of hydrogen-bond donors (Lipinski definition) is 3. The van der Waals surface area contributed by atoms with Crippen LogP contribution >= 0.6 is 0 Å². The fourth-order valence-electron chi connectivity index (χ4n) is 2.57. The van der Waals surface area contributed by atoms with Gasteiger partial charge in [0, 0.05) is 18.9 Å². The van der Waals surface area contributed by atoms with Crippen molar-refractivity contribution in [3.63, 3.8) is 0 Å². The molecule has 0 bridgehead atoms. The second-order valence-corrected chi connectivity index (χ2v) is 5.46. The van der Waals surface area contributed by atoms with Crippen LogP contribution < -0.4 is 10.6 Å². The predicted octanol–water partition coefficient (Wildman–Crippen LogP) is 2.04. The van der Waals surface area contributed by atoms with Gasteiger partial charge >= 0.3 is 12.0 Å². The number of nitrogens with one attached hydrogen (secondary N) is 2. The van der Waals surface area contributed by atoms with E-state index < -0.39 is 12.0 Å².